The Morgan fingerprint density at radius 1 is 1.20 bits per heavy atom. The summed E-state index contributed by atoms with van der Waals surface area (Å²) in [7, 11) is 0. The third-order valence-corrected chi connectivity index (χ3v) is 3.85. The molecule has 1 aliphatic rings. The van der Waals surface area contributed by atoms with E-state index in [0.29, 0.717) is 24.3 Å². The van der Waals surface area contributed by atoms with Gasteiger partial charge in [0, 0.05) is 30.3 Å². The Kier molecular flexibility index (Phi) is 5.09. The molecule has 1 amide bonds. The van der Waals surface area contributed by atoms with Gasteiger partial charge in [-0.25, -0.2) is 4.79 Å². The van der Waals surface area contributed by atoms with E-state index in [1.807, 2.05) is 0 Å². The van der Waals surface area contributed by atoms with Gasteiger partial charge in [0.25, 0.3) is 0 Å². The van der Waals surface area contributed by atoms with Crippen molar-refractivity contribution >= 4 is 29.4 Å². The van der Waals surface area contributed by atoms with Crippen LogP contribution in [-0.2, 0) is 14.3 Å². The molecule has 25 heavy (non-hydrogen) atoms. The van der Waals surface area contributed by atoms with E-state index < -0.39 is 5.97 Å². The molecule has 1 aromatic carbocycles. The average Bonchev–Trinajstić information content (AvgIpc) is 3.29. The molecule has 2 heterocycles. The van der Waals surface area contributed by atoms with Crippen LogP contribution in [0.1, 0.15) is 29.0 Å². The summed E-state index contributed by atoms with van der Waals surface area (Å²) in [5.74, 6) is -0.310. The molecule has 1 saturated heterocycles. The van der Waals surface area contributed by atoms with E-state index in [1.54, 1.807) is 41.3 Å². The number of esters is 1. The summed E-state index contributed by atoms with van der Waals surface area (Å²) < 4.78 is 9.97. The number of ketones is 1. The zero-order valence-corrected chi connectivity index (χ0v) is 13.5. The summed E-state index contributed by atoms with van der Waals surface area (Å²) in [6, 6.07) is 10.1. The highest BCUT2D eigenvalue weighted by Crippen LogP contribution is 2.21. The standard InChI is InChI=1S/C19H17NO5/c21-17(13-25-19(23)10-9-16-3-2-12-24-16)14-5-7-15(8-6-14)20-11-1-4-18(20)22/h2-3,5-10,12H,1,4,11,13H2/b10-9+. The van der Waals surface area contributed by atoms with Crippen molar-refractivity contribution in [3.8, 4) is 0 Å². The van der Waals surface area contributed by atoms with Crippen LogP contribution < -0.4 is 4.90 Å². The Hall–Kier alpha value is -3.15. The topological polar surface area (TPSA) is 76.8 Å². The summed E-state index contributed by atoms with van der Waals surface area (Å²) in [5, 5.41) is 0. The fraction of sp³-hybridized carbons (Fsp3) is 0.211. The van der Waals surface area contributed by atoms with Crippen molar-refractivity contribution in [3.05, 3.63) is 60.1 Å². The van der Waals surface area contributed by atoms with Gasteiger partial charge in [-0.15, -0.1) is 0 Å². The van der Waals surface area contributed by atoms with E-state index in [1.165, 1.54) is 18.4 Å². The number of ether oxygens (including phenoxy) is 1. The molecule has 128 valence electrons. The van der Waals surface area contributed by atoms with E-state index in [4.69, 9.17) is 9.15 Å². The van der Waals surface area contributed by atoms with Gasteiger partial charge in [0.1, 0.15) is 5.76 Å². The fourth-order valence-electron chi connectivity index (χ4n) is 2.55. The van der Waals surface area contributed by atoms with Gasteiger partial charge in [0.2, 0.25) is 5.91 Å². The predicted octanol–water partition coefficient (Wildman–Crippen LogP) is 2.85. The van der Waals surface area contributed by atoms with Gasteiger partial charge in [-0.1, -0.05) is 0 Å². The molecule has 0 atom stereocenters. The Morgan fingerprint density at radius 3 is 2.64 bits per heavy atom. The SMILES string of the molecule is O=C(/C=C/c1ccco1)OCC(=O)c1ccc(N2CCCC2=O)cc1. The molecule has 6 nitrogen and oxygen atoms in total. The van der Waals surface area contributed by atoms with Crippen molar-refractivity contribution in [2.75, 3.05) is 18.1 Å². The highest BCUT2D eigenvalue weighted by molar-refractivity contribution is 6.00. The lowest BCUT2D eigenvalue weighted by Gasteiger charge is -2.15. The van der Waals surface area contributed by atoms with E-state index in [-0.39, 0.29) is 18.3 Å². The normalized spacial score (nSPS) is 14.2. The van der Waals surface area contributed by atoms with Crippen molar-refractivity contribution in [1.29, 1.82) is 0 Å². The van der Waals surface area contributed by atoms with Crippen LogP contribution in [0.3, 0.4) is 0 Å². The highest BCUT2D eigenvalue weighted by atomic mass is 16.5. The first-order valence-electron chi connectivity index (χ1n) is 7.95. The Labute approximate surface area is 144 Å². The number of benzene rings is 1. The summed E-state index contributed by atoms with van der Waals surface area (Å²) in [6.07, 6.45) is 5.57. The number of Topliss-reactive ketones (excluding diaryl/α,β-unsaturated/α-hetero) is 1. The second-order valence-electron chi connectivity index (χ2n) is 5.58. The summed E-state index contributed by atoms with van der Waals surface area (Å²) in [4.78, 5) is 37.1. The van der Waals surface area contributed by atoms with Gasteiger partial charge >= 0.3 is 5.97 Å². The van der Waals surface area contributed by atoms with Crippen LogP contribution in [0.2, 0.25) is 0 Å². The molecule has 0 spiro atoms. The van der Waals surface area contributed by atoms with Gasteiger partial charge in [0.05, 0.1) is 6.26 Å². The molecule has 2 aromatic rings. The maximum absolute atomic E-state index is 12.1. The molecular formula is C19H17NO5. The number of carbonyl (C=O) groups excluding carboxylic acids is 3. The summed E-state index contributed by atoms with van der Waals surface area (Å²) in [6.45, 7) is 0.356. The second kappa shape index (κ2) is 7.61. The number of furan rings is 1. The molecule has 1 fully saturated rings. The van der Waals surface area contributed by atoms with Gasteiger partial charge in [-0.05, 0) is 48.9 Å². The molecule has 0 bridgehead atoms. The number of amides is 1. The van der Waals surface area contributed by atoms with Crippen LogP contribution in [0, 0.1) is 0 Å². The number of carbonyl (C=O) groups is 3. The van der Waals surface area contributed by atoms with Crippen molar-refractivity contribution in [2.24, 2.45) is 0 Å². The van der Waals surface area contributed by atoms with Crippen molar-refractivity contribution in [1.82, 2.24) is 0 Å². The van der Waals surface area contributed by atoms with Gasteiger partial charge < -0.3 is 14.1 Å². The number of rotatable bonds is 6. The number of nitrogens with zero attached hydrogens (tertiary/aromatic N) is 1. The second-order valence-corrected chi connectivity index (χ2v) is 5.58. The minimum absolute atomic E-state index is 0.0938. The van der Waals surface area contributed by atoms with Crippen molar-refractivity contribution in [3.63, 3.8) is 0 Å². The number of anilines is 1. The van der Waals surface area contributed by atoms with Gasteiger partial charge in [0.15, 0.2) is 12.4 Å². The smallest absolute Gasteiger partial charge is 0.331 e. The monoisotopic (exact) mass is 339 g/mol. The van der Waals surface area contributed by atoms with Crippen LogP contribution >= 0.6 is 0 Å². The van der Waals surface area contributed by atoms with Crippen LogP contribution in [0.15, 0.2) is 53.2 Å². The fourth-order valence-corrected chi connectivity index (χ4v) is 2.55. The van der Waals surface area contributed by atoms with Gasteiger partial charge in [-0.3, -0.25) is 9.59 Å². The zero-order chi connectivity index (χ0) is 17.6. The first-order chi connectivity index (χ1) is 12.1. The van der Waals surface area contributed by atoms with Crippen LogP contribution in [0.4, 0.5) is 5.69 Å². The summed E-state index contributed by atoms with van der Waals surface area (Å²) >= 11 is 0. The first kappa shape index (κ1) is 16.7. The molecule has 1 aromatic heterocycles. The largest absolute Gasteiger partial charge is 0.465 e. The molecular weight excluding hydrogens is 322 g/mol. The first-order valence-corrected chi connectivity index (χ1v) is 7.95. The van der Waals surface area contributed by atoms with E-state index in [0.717, 1.165) is 12.1 Å². The quantitative estimate of drug-likeness (QED) is 0.459. The Balaban J connectivity index is 1.52. The number of hydrogen-bond acceptors (Lipinski definition) is 5. The van der Waals surface area contributed by atoms with E-state index >= 15 is 0 Å². The maximum Gasteiger partial charge on any atom is 0.331 e. The minimum Gasteiger partial charge on any atom is -0.465 e. The van der Waals surface area contributed by atoms with Crippen LogP contribution in [0.5, 0.6) is 0 Å². The third kappa shape index (κ3) is 4.23. The third-order valence-electron chi connectivity index (χ3n) is 3.85. The molecule has 1 aliphatic heterocycles. The van der Waals surface area contributed by atoms with Crippen LogP contribution in [0.25, 0.3) is 6.08 Å². The molecule has 0 aliphatic carbocycles. The van der Waals surface area contributed by atoms with Gasteiger partial charge in [-0.2, -0.15) is 0 Å². The lowest BCUT2D eigenvalue weighted by Crippen LogP contribution is -2.23. The van der Waals surface area contributed by atoms with E-state index in [2.05, 4.69) is 0 Å². The molecule has 6 heteroatoms. The van der Waals surface area contributed by atoms with Crippen molar-refractivity contribution in [2.45, 2.75) is 12.8 Å². The average molecular weight is 339 g/mol. The zero-order valence-electron chi connectivity index (χ0n) is 13.5. The predicted molar refractivity (Wildman–Crippen MR) is 91.1 cm³/mol. The van der Waals surface area contributed by atoms with Crippen molar-refractivity contribution < 1.29 is 23.5 Å². The lowest BCUT2D eigenvalue weighted by atomic mass is 10.1. The molecule has 0 radical (unpaired) electrons. The Bertz CT molecular complexity index is 790. The maximum atomic E-state index is 12.1. The molecule has 0 N–H and O–H groups in total. The lowest BCUT2D eigenvalue weighted by molar-refractivity contribution is -0.136. The Morgan fingerprint density at radius 2 is 2.00 bits per heavy atom. The molecule has 3 rings (SSSR count). The highest BCUT2D eigenvalue weighted by Gasteiger charge is 2.21. The molecule has 0 saturated carbocycles. The summed E-state index contributed by atoms with van der Waals surface area (Å²) in [5.41, 5.74) is 1.20. The molecule has 0 unspecified atom stereocenters. The number of hydrogen-bond donors (Lipinski definition) is 0. The van der Waals surface area contributed by atoms with E-state index in [9.17, 15) is 14.4 Å². The van der Waals surface area contributed by atoms with Crippen LogP contribution in [-0.4, -0.2) is 30.8 Å². The minimum atomic E-state index is -0.621.